The average molecular weight is 244 g/mol. The van der Waals surface area contributed by atoms with Crippen molar-refractivity contribution in [1.82, 2.24) is 4.90 Å². The summed E-state index contributed by atoms with van der Waals surface area (Å²) in [6, 6.07) is -1.91. The molecule has 2 amide bonds. The predicted octanol–water partition coefficient (Wildman–Crippen LogP) is -0.367. The van der Waals surface area contributed by atoms with Crippen molar-refractivity contribution < 1.29 is 23.9 Å². The number of nitrogens with zero attached hydrogens (tertiary/aromatic N) is 1. The molecule has 17 heavy (non-hydrogen) atoms. The summed E-state index contributed by atoms with van der Waals surface area (Å²) in [6.45, 7) is 4.44. The summed E-state index contributed by atoms with van der Waals surface area (Å²) < 4.78 is 9.35. The number of methoxy groups -OCH3 is 1. The predicted molar refractivity (Wildman–Crippen MR) is 56.9 cm³/mol. The zero-order valence-corrected chi connectivity index (χ0v) is 10.2. The number of hydrogen-bond donors (Lipinski definition) is 1. The molecular formula is C10H16N2O5. The molecule has 2 N–H and O–H groups in total. The monoisotopic (exact) mass is 244 g/mol. The van der Waals surface area contributed by atoms with Crippen LogP contribution in [0.25, 0.3) is 0 Å². The van der Waals surface area contributed by atoms with Gasteiger partial charge >= 0.3 is 12.1 Å². The van der Waals surface area contributed by atoms with E-state index in [2.05, 4.69) is 4.74 Å². The Labute approximate surface area is 98.8 Å². The summed E-state index contributed by atoms with van der Waals surface area (Å²) in [7, 11) is 1.18. The molecule has 7 heteroatoms. The van der Waals surface area contributed by atoms with Gasteiger partial charge in [0, 0.05) is 0 Å². The van der Waals surface area contributed by atoms with E-state index in [-0.39, 0.29) is 0 Å². The Morgan fingerprint density at radius 1 is 1.47 bits per heavy atom. The molecule has 0 aromatic heterocycles. The lowest BCUT2D eigenvalue weighted by Crippen LogP contribution is -2.53. The highest BCUT2D eigenvalue weighted by Gasteiger charge is 2.50. The maximum absolute atomic E-state index is 11.9. The largest absolute Gasteiger partial charge is 0.468 e. The maximum Gasteiger partial charge on any atom is 0.418 e. The van der Waals surface area contributed by atoms with Gasteiger partial charge in [-0.3, -0.25) is 9.59 Å². The van der Waals surface area contributed by atoms with Crippen molar-refractivity contribution in [3.8, 4) is 0 Å². The van der Waals surface area contributed by atoms with E-state index in [9.17, 15) is 14.4 Å². The van der Waals surface area contributed by atoms with Gasteiger partial charge in [-0.15, -0.1) is 0 Å². The van der Waals surface area contributed by atoms with Crippen molar-refractivity contribution in [2.75, 3.05) is 7.11 Å². The third-order valence-corrected chi connectivity index (χ3v) is 2.67. The van der Waals surface area contributed by atoms with Gasteiger partial charge in [-0.1, -0.05) is 0 Å². The SMILES string of the molecule is COC(=O)[C@@H](N)[C@H](C)N1C(=O)OC(C)(C)C1=O. The van der Waals surface area contributed by atoms with Crippen molar-refractivity contribution in [1.29, 1.82) is 0 Å². The minimum Gasteiger partial charge on any atom is -0.468 e. The second-order valence-electron chi connectivity index (χ2n) is 4.34. The molecule has 2 atom stereocenters. The van der Waals surface area contributed by atoms with Crippen LogP contribution in [0, 0.1) is 0 Å². The van der Waals surface area contributed by atoms with Crippen molar-refractivity contribution >= 4 is 18.0 Å². The zero-order chi connectivity index (χ0) is 13.4. The van der Waals surface area contributed by atoms with Crippen molar-refractivity contribution in [3.05, 3.63) is 0 Å². The Morgan fingerprint density at radius 3 is 2.35 bits per heavy atom. The minimum absolute atomic E-state index is 0.519. The van der Waals surface area contributed by atoms with Crippen LogP contribution in [0.5, 0.6) is 0 Å². The number of amides is 2. The first-order valence-corrected chi connectivity index (χ1v) is 5.12. The molecule has 0 aromatic carbocycles. The molecule has 1 rings (SSSR count). The molecule has 0 unspecified atom stereocenters. The fraction of sp³-hybridized carbons (Fsp3) is 0.700. The van der Waals surface area contributed by atoms with E-state index in [4.69, 9.17) is 10.5 Å². The van der Waals surface area contributed by atoms with Crippen molar-refractivity contribution in [2.45, 2.75) is 38.5 Å². The van der Waals surface area contributed by atoms with Crippen molar-refractivity contribution in [3.63, 3.8) is 0 Å². The summed E-state index contributed by atoms with van der Waals surface area (Å²) >= 11 is 0. The summed E-state index contributed by atoms with van der Waals surface area (Å²) in [5.41, 5.74) is 4.37. The van der Waals surface area contributed by atoms with Gasteiger partial charge in [0.2, 0.25) is 0 Å². The number of hydrogen-bond acceptors (Lipinski definition) is 6. The number of carbonyl (C=O) groups excluding carboxylic acids is 3. The molecule has 1 saturated heterocycles. The third-order valence-electron chi connectivity index (χ3n) is 2.67. The lowest BCUT2D eigenvalue weighted by molar-refractivity contribution is -0.144. The van der Waals surface area contributed by atoms with E-state index in [1.807, 2.05) is 0 Å². The first kappa shape index (κ1) is 13.4. The van der Waals surface area contributed by atoms with Crippen LogP contribution in [0.3, 0.4) is 0 Å². The van der Waals surface area contributed by atoms with Gasteiger partial charge in [0.05, 0.1) is 13.2 Å². The van der Waals surface area contributed by atoms with Gasteiger partial charge in [0.1, 0.15) is 6.04 Å². The van der Waals surface area contributed by atoms with Crippen LogP contribution in [0.1, 0.15) is 20.8 Å². The zero-order valence-electron chi connectivity index (χ0n) is 10.2. The highest BCUT2D eigenvalue weighted by atomic mass is 16.6. The topological polar surface area (TPSA) is 98.9 Å². The van der Waals surface area contributed by atoms with E-state index in [1.165, 1.54) is 27.9 Å². The van der Waals surface area contributed by atoms with Gasteiger partial charge in [0.25, 0.3) is 5.91 Å². The smallest absolute Gasteiger partial charge is 0.418 e. The normalized spacial score (nSPS) is 22.1. The van der Waals surface area contributed by atoms with Crippen LogP contribution in [-0.4, -0.2) is 47.7 Å². The molecule has 0 spiro atoms. The van der Waals surface area contributed by atoms with E-state index in [0.717, 1.165) is 4.90 Å². The van der Waals surface area contributed by atoms with Gasteiger partial charge in [-0.05, 0) is 20.8 Å². The number of carbonyl (C=O) groups is 3. The highest BCUT2D eigenvalue weighted by molar-refractivity contribution is 6.03. The minimum atomic E-state index is -1.22. The van der Waals surface area contributed by atoms with Crippen LogP contribution in [0.2, 0.25) is 0 Å². The summed E-state index contributed by atoms with van der Waals surface area (Å²) in [4.78, 5) is 35.5. The standard InChI is InChI=1S/C10H16N2O5/c1-5(6(11)7(13)16-4)12-8(14)10(2,3)17-9(12)15/h5-6H,11H2,1-4H3/t5-,6-/m0/s1. The fourth-order valence-electron chi connectivity index (χ4n) is 1.53. The summed E-state index contributed by atoms with van der Waals surface area (Å²) in [6.07, 6.45) is -0.799. The van der Waals surface area contributed by atoms with Crippen LogP contribution < -0.4 is 5.73 Å². The first-order chi connectivity index (χ1) is 7.72. The molecular weight excluding hydrogens is 228 g/mol. The summed E-state index contributed by atoms with van der Waals surface area (Å²) in [5, 5.41) is 0. The second-order valence-corrected chi connectivity index (χ2v) is 4.34. The molecule has 1 fully saturated rings. The van der Waals surface area contributed by atoms with Crippen LogP contribution in [-0.2, 0) is 19.1 Å². The number of cyclic esters (lactones) is 1. The van der Waals surface area contributed by atoms with Gasteiger partial charge < -0.3 is 15.2 Å². The number of nitrogens with two attached hydrogens (primary N) is 1. The number of imide groups is 1. The molecule has 1 aliphatic heterocycles. The highest BCUT2D eigenvalue weighted by Crippen LogP contribution is 2.26. The molecule has 0 radical (unpaired) electrons. The van der Waals surface area contributed by atoms with E-state index >= 15 is 0 Å². The van der Waals surface area contributed by atoms with Gasteiger partial charge in [0.15, 0.2) is 5.60 Å². The summed E-state index contributed by atoms with van der Waals surface area (Å²) in [5.74, 6) is -1.21. The Kier molecular flexibility index (Phi) is 3.42. The molecule has 1 aliphatic rings. The average Bonchev–Trinajstić information content (AvgIpc) is 2.45. The fourth-order valence-corrected chi connectivity index (χ4v) is 1.53. The van der Waals surface area contributed by atoms with Crippen LogP contribution in [0.4, 0.5) is 4.79 Å². The Bertz CT molecular complexity index is 366. The van der Waals surface area contributed by atoms with Crippen LogP contribution in [0.15, 0.2) is 0 Å². The molecule has 96 valence electrons. The van der Waals surface area contributed by atoms with Gasteiger partial charge in [-0.2, -0.15) is 0 Å². The number of rotatable bonds is 3. The lowest BCUT2D eigenvalue weighted by Gasteiger charge is -2.24. The Balaban J connectivity index is 2.90. The molecule has 7 nitrogen and oxygen atoms in total. The second kappa shape index (κ2) is 4.33. The van der Waals surface area contributed by atoms with E-state index in [0.29, 0.717) is 0 Å². The van der Waals surface area contributed by atoms with Crippen molar-refractivity contribution in [2.24, 2.45) is 5.73 Å². The third kappa shape index (κ3) is 2.23. The number of esters is 1. The van der Waals surface area contributed by atoms with E-state index < -0.39 is 35.7 Å². The van der Waals surface area contributed by atoms with Gasteiger partial charge in [-0.25, -0.2) is 9.69 Å². The van der Waals surface area contributed by atoms with Crippen LogP contribution >= 0.6 is 0 Å². The number of ether oxygens (including phenoxy) is 2. The molecule has 0 aliphatic carbocycles. The Morgan fingerprint density at radius 2 is 2.00 bits per heavy atom. The lowest BCUT2D eigenvalue weighted by atomic mass is 10.1. The quantitative estimate of drug-likeness (QED) is 0.680. The molecule has 0 bridgehead atoms. The maximum atomic E-state index is 11.9. The molecule has 0 aromatic rings. The molecule has 0 saturated carbocycles. The van der Waals surface area contributed by atoms with E-state index in [1.54, 1.807) is 0 Å². The Hall–Kier alpha value is -1.63. The molecule has 1 heterocycles. The first-order valence-electron chi connectivity index (χ1n) is 5.12.